The highest BCUT2D eigenvalue weighted by Crippen LogP contribution is 2.49. The molecule has 1 saturated carbocycles. The molecule has 50 heavy (non-hydrogen) atoms. The van der Waals surface area contributed by atoms with E-state index in [-0.39, 0.29) is 28.7 Å². The SMILES string of the molecule is C[C@@H]1[C@@H](C)C/C=C/[C@@](O)(Cc2ccnc(C#N)c2)[C@@H]2CC[C@H]2CN2C[C@@]3(CCCc4cc(Cl)ccc43)COc3ccc(cc32)C(=O)NS1(=O)=O. The molecule has 3 heterocycles. The number of hydrogen-bond donors (Lipinski definition) is 2. The maximum Gasteiger partial charge on any atom is 0.264 e. The number of fused-ring (bicyclic) bond motifs is 4. The van der Waals surface area contributed by atoms with E-state index in [0.717, 1.165) is 43.4 Å². The number of nitrogens with one attached hydrogen (secondary N) is 1. The van der Waals surface area contributed by atoms with Gasteiger partial charge in [0.05, 0.1) is 23.1 Å². The van der Waals surface area contributed by atoms with Crippen molar-refractivity contribution in [3.63, 3.8) is 0 Å². The molecule has 0 radical (unpaired) electrons. The number of halogens is 1. The first-order valence-corrected chi connectivity index (χ1v) is 19.4. The van der Waals surface area contributed by atoms with Gasteiger partial charge in [0.2, 0.25) is 10.0 Å². The summed E-state index contributed by atoms with van der Waals surface area (Å²) in [5.74, 6) is -0.361. The average Bonchev–Trinajstić information content (AvgIpc) is 3.22. The van der Waals surface area contributed by atoms with Crippen molar-refractivity contribution in [1.29, 1.82) is 5.26 Å². The molecular formula is C39H43ClN4O5S. The standard InChI is InChI=1S/C39H43ClN4O5S/c1-25-5-3-15-39(46,20-27-13-16-42-32(17-27)21-41)34-10-7-30(34)22-44-23-38(14-4-6-28-18-31(40)9-11-33(28)38)24-49-36-12-8-29(19-35(36)44)37(45)43-50(47,48)26(25)2/h3,8-9,11-13,15-19,25-26,30,34,46H,4-7,10,14,20,22-24H2,1-2H3,(H,43,45)/b15-3+/t25-,26+,30-,34+,38-,39+/m0/s1. The van der Waals surface area contributed by atoms with E-state index in [1.54, 1.807) is 37.4 Å². The maximum atomic E-state index is 13.5. The van der Waals surface area contributed by atoms with Crippen LogP contribution in [0.4, 0.5) is 5.69 Å². The molecule has 0 unspecified atom stereocenters. The second-order valence-corrected chi connectivity index (χ2v) is 17.3. The fourth-order valence-corrected chi connectivity index (χ4v) is 10.0. The summed E-state index contributed by atoms with van der Waals surface area (Å²) in [6.45, 7) is 5.12. The van der Waals surface area contributed by atoms with Gasteiger partial charge in [0.1, 0.15) is 17.5 Å². The predicted molar refractivity (Wildman–Crippen MR) is 193 cm³/mol. The summed E-state index contributed by atoms with van der Waals surface area (Å²) in [5, 5.41) is 21.9. The Morgan fingerprint density at radius 1 is 1.16 bits per heavy atom. The summed E-state index contributed by atoms with van der Waals surface area (Å²) >= 11 is 6.45. The van der Waals surface area contributed by atoms with Crippen LogP contribution in [0, 0.1) is 29.1 Å². The van der Waals surface area contributed by atoms with E-state index < -0.39 is 26.8 Å². The van der Waals surface area contributed by atoms with Crippen LogP contribution in [0.1, 0.15) is 78.7 Å². The zero-order valence-corrected chi connectivity index (χ0v) is 30.0. The van der Waals surface area contributed by atoms with Gasteiger partial charge in [0.15, 0.2) is 0 Å². The first-order valence-electron chi connectivity index (χ1n) is 17.5. The maximum absolute atomic E-state index is 13.5. The third-order valence-electron chi connectivity index (χ3n) is 11.7. The Labute approximate surface area is 299 Å². The summed E-state index contributed by atoms with van der Waals surface area (Å²) in [4.78, 5) is 20.0. The average molecular weight is 715 g/mol. The molecule has 6 atom stereocenters. The molecule has 4 aliphatic rings. The number of rotatable bonds is 2. The van der Waals surface area contributed by atoms with E-state index in [9.17, 15) is 23.6 Å². The largest absolute Gasteiger partial charge is 0.490 e. The Bertz CT molecular complexity index is 2000. The van der Waals surface area contributed by atoms with Crippen molar-refractivity contribution in [2.24, 2.45) is 17.8 Å². The number of nitriles is 1. The summed E-state index contributed by atoms with van der Waals surface area (Å²) in [5.41, 5.74) is 2.93. The van der Waals surface area contributed by atoms with Crippen LogP contribution in [-0.4, -0.2) is 55.0 Å². The fourth-order valence-electron chi connectivity index (χ4n) is 8.54. The first-order chi connectivity index (χ1) is 23.9. The van der Waals surface area contributed by atoms with Gasteiger partial charge >= 0.3 is 0 Å². The Hall–Kier alpha value is -3.91. The lowest BCUT2D eigenvalue weighted by atomic mass is 9.62. The predicted octanol–water partition coefficient (Wildman–Crippen LogP) is 6.12. The molecule has 1 aromatic heterocycles. The van der Waals surface area contributed by atoms with Gasteiger partial charge in [-0.2, -0.15) is 5.26 Å². The third-order valence-corrected chi connectivity index (χ3v) is 13.8. The number of allylic oxidation sites excluding steroid dienone is 1. The molecule has 2 aromatic carbocycles. The second kappa shape index (κ2) is 13.3. The molecule has 3 aromatic rings. The van der Waals surface area contributed by atoms with Crippen LogP contribution < -0.4 is 14.4 Å². The van der Waals surface area contributed by atoms with Crippen molar-refractivity contribution in [2.45, 2.75) is 75.1 Å². The van der Waals surface area contributed by atoms with Crippen LogP contribution in [0.15, 0.2) is 66.9 Å². The number of anilines is 1. The van der Waals surface area contributed by atoms with E-state index >= 15 is 0 Å². The first kappa shape index (κ1) is 34.5. The number of sulfonamides is 1. The van der Waals surface area contributed by atoms with Crippen molar-refractivity contribution in [2.75, 3.05) is 24.6 Å². The zero-order valence-electron chi connectivity index (χ0n) is 28.4. The van der Waals surface area contributed by atoms with E-state index in [1.165, 1.54) is 11.1 Å². The molecule has 11 heteroatoms. The number of aromatic nitrogens is 1. The van der Waals surface area contributed by atoms with Crippen molar-refractivity contribution in [3.05, 3.63) is 99.9 Å². The van der Waals surface area contributed by atoms with Crippen LogP contribution >= 0.6 is 11.6 Å². The number of carbonyl (C=O) groups excluding carboxylic acids is 1. The third kappa shape index (κ3) is 6.52. The summed E-state index contributed by atoms with van der Waals surface area (Å²) in [6, 6.07) is 16.9. The minimum atomic E-state index is -4.02. The normalized spacial score (nSPS) is 31.1. The quantitative estimate of drug-likeness (QED) is 0.304. The molecule has 2 N–H and O–H groups in total. The van der Waals surface area contributed by atoms with E-state index in [1.807, 2.05) is 31.2 Å². The van der Waals surface area contributed by atoms with Crippen molar-refractivity contribution in [1.82, 2.24) is 9.71 Å². The van der Waals surface area contributed by atoms with Gasteiger partial charge in [-0.15, -0.1) is 0 Å². The molecule has 1 fully saturated rings. The van der Waals surface area contributed by atoms with Crippen LogP contribution in [0.5, 0.6) is 5.75 Å². The van der Waals surface area contributed by atoms with Gasteiger partial charge in [-0.25, -0.2) is 18.1 Å². The molecule has 0 saturated heterocycles. The topological polar surface area (TPSA) is 133 Å². The zero-order chi connectivity index (χ0) is 35.3. The van der Waals surface area contributed by atoms with Crippen molar-refractivity contribution < 1.29 is 23.1 Å². The molecule has 2 aliphatic heterocycles. The summed E-state index contributed by atoms with van der Waals surface area (Å²) in [6.07, 6.45) is 10.6. The Morgan fingerprint density at radius 2 is 2.00 bits per heavy atom. The van der Waals surface area contributed by atoms with Gasteiger partial charge in [-0.3, -0.25) is 4.79 Å². The molecule has 262 valence electrons. The summed E-state index contributed by atoms with van der Waals surface area (Å²) in [7, 11) is -4.02. The van der Waals surface area contributed by atoms with Gasteiger partial charge in [-0.1, -0.05) is 36.7 Å². The molecule has 2 bridgehead atoms. The van der Waals surface area contributed by atoms with E-state index in [2.05, 4.69) is 32.8 Å². The lowest BCUT2D eigenvalue weighted by molar-refractivity contribution is -0.0447. The molecule has 1 spiro atoms. The molecule has 2 aliphatic carbocycles. The van der Waals surface area contributed by atoms with Crippen LogP contribution in [0.3, 0.4) is 0 Å². The number of nitrogens with zero attached hydrogens (tertiary/aromatic N) is 3. The molecular weight excluding hydrogens is 672 g/mol. The number of aliphatic hydroxyl groups is 1. The summed E-state index contributed by atoms with van der Waals surface area (Å²) < 4.78 is 35.9. The molecule has 1 amide bonds. The van der Waals surface area contributed by atoms with Gasteiger partial charge in [0.25, 0.3) is 5.91 Å². The highest BCUT2D eigenvalue weighted by molar-refractivity contribution is 7.90. The highest BCUT2D eigenvalue weighted by Gasteiger charge is 2.48. The molecule has 7 rings (SSSR count). The van der Waals surface area contributed by atoms with E-state index in [0.29, 0.717) is 49.0 Å². The van der Waals surface area contributed by atoms with Gasteiger partial charge in [0, 0.05) is 41.7 Å². The van der Waals surface area contributed by atoms with Crippen molar-refractivity contribution >= 4 is 33.2 Å². The number of ether oxygens (including phenoxy) is 1. The minimum Gasteiger partial charge on any atom is -0.490 e. The van der Waals surface area contributed by atoms with Gasteiger partial charge in [-0.05, 0) is 122 Å². The number of carbonyl (C=O) groups is 1. The number of amides is 1. The van der Waals surface area contributed by atoms with Crippen LogP contribution in [0.25, 0.3) is 0 Å². The smallest absolute Gasteiger partial charge is 0.264 e. The Morgan fingerprint density at radius 3 is 2.78 bits per heavy atom. The fraction of sp³-hybridized carbons (Fsp3) is 0.462. The monoisotopic (exact) mass is 714 g/mol. The molecule has 9 nitrogen and oxygen atoms in total. The highest BCUT2D eigenvalue weighted by atomic mass is 35.5. The van der Waals surface area contributed by atoms with Crippen LogP contribution in [-0.2, 0) is 28.3 Å². The number of benzene rings is 2. The number of pyridine rings is 1. The second-order valence-electron chi connectivity index (χ2n) is 14.9. The van der Waals surface area contributed by atoms with Crippen molar-refractivity contribution in [3.8, 4) is 11.8 Å². The Balaban J connectivity index is 1.32. The minimum absolute atomic E-state index is 0.102. The lowest BCUT2D eigenvalue weighted by Gasteiger charge is -2.49. The van der Waals surface area contributed by atoms with Gasteiger partial charge < -0.3 is 14.7 Å². The number of hydrogen-bond acceptors (Lipinski definition) is 8. The number of aryl methyl sites for hydroxylation is 1. The van der Waals surface area contributed by atoms with Crippen LogP contribution in [0.2, 0.25) is 5.02 Å². The lowest BCUT2D eigenvalue weighted by Crippen LogP contribution is -2.53. The Kier molecular flexibility index (Phi) is 9.21. The van der Waals surface area contributed by atoms with E-state index in [4.69, 9.17) is 16.3 Å².